The number of carbonyl (C=O) groups excluding carboxylic acids is 1. The van der Waals surface area contributed by atoms with Crippen molar-refractivity contribution < 1.29 is 31.1 Å². The Bertz CT molecular complexity index is 1110. The van der Waals surface area contributed by atoms with E-state index in [2.05, 4.69) is 25.4 Å². The van der Waals surface area contributed by atoms with Gasteiger partial charge in [-0.05, 0) is 31.2 Å². The molecular weight excluding hydrogens is 456 g/mol. The van der Waals surface area contributed by atoms with Crippen molar-refractivity contribution in [1.29, 1.82) is 0 Å². The van der Waals surface area contributed by atoms with E-state index in [1.807, 2.05) is 0 Å². The smallest absolute Gasteiger partial charge is 0.346 e. The summed E-state index contributed by atoms with van der Waals surface area (Å²) >= 11 is 0. The van der Waals surface area contributed by atoms with Crippen molar-refractivity contribution in [2.24, 2.45) is 0 Å². The minimum Gasteiger partial charge on any atom is -0.346 e. The van der Waals surface area contributed by atoms with Crippen LogP contribution in [0.4, 0.5) is 32.3 Å². The lowest BCUT2D eigenvalue weighted by Gasteiger charge is -2.16. The molecule has 3 aromatic rings. The first-order valence-electron chi connectivity index (χ1n) is 9.29. The monoisotopic (exact) mass is 473 g/mol. The number of nitrogens with one attached hydrogen (secondary N) is 1. The predicted octanol–water partition coefficient (Wildman–Crippen LogP) is 3.65. The van der Waals surface area contributed by atoms with E-state index in [4.69, 9.17) is 0 Å². The largest absolute Gasteiger partial charge is 0.416 e. The molecule has 0 saturated heterocycles. The number of alkyl halides is 6. The van der Waals surface area contributed by atoms with Gasteiger partial charge in [0.25, 0.3) is 11.9 Å². The molecule has 1 atom stereocenters. The van der Waals surface area contributed by atoms with Crippen LogP contribution in [0, 0.1) is 0 Å². The number of amides is 1. The van der Waals surface area contributed by atoms with Crippen LogP contribution in [-0.4, -0.2) is 44.7 Å². The number of hydrogen-bond acceptors (Lipinski definition) is 6. The lowest BCUT2D eigenvalue weighted by atomic mass is 10.0. The van der Waals surface area contributed by atoms with Gasteiger partial charge in [0.1, 0.15) is 0 Å². The zero-order chi connectivity index (χ0) is 24.6. The molecule has 1 amide bonds. The van der Waals surface area contributed by atoms with Crippen LogP contribution in [0.25, 0.3) is 5.95 Å². The second kappa shape index (κ2) is 8.67. The molecule has 2 heterocycles. The van der Waals surface area contributed by atoms with Crippen LogP contribution in [-0.2, 0) is 12.4 Å². The van der Waals surface area contributed by atoms with Crippen molar-refractivity contribution in [2.75, 3.05) is 19.0 Å². The van der Waals surface area contributed by atoms with Crippen LogP contribution in [0.2, 0.25) is 0 Å². The molecule has 1 N–H and O–H groups in total. The minimum atomic E-state index is -5.08. The number of anilines is 1. The van der Waals surface area contributed by atoms with Gasteiger partial charge in [-0.2, -0.15) is 36.0 Å². The standard InChI is InChI=1S/C19H17F6N7O/c1-10(14-29-17(31(2)3)30-32(14)16-26-5-4-6-27-16)28-15(33)11-7-12(18(20,21)22)9-13(8-11)19(23,24)25/h4-10H,1-3H3,(H,28,33). The van der Waals surface area contributed by atoms with Crippen LogP contribution >= 0.6 is 0 Å². The van der Waals surface area contributed by atoms with Crippen molar-refractivity contribution in [3.8, 4) is 5.95 Å². The second-order valence-corrected chi connectivity index (χ2v) is 7.11. The number of aromatic nitrogens is 5. The number of halogens is 6. The Morgan fingerprint density at radius 2 is 1.55 bits per heavy atom. The van der Waals surface area contributed by atoms with E-state index < -0.39 is 41.0 Å². The molecule has 0 bridgehead atoms. The summed E-state index contributed by atoms with van der Waals surface area (Å²) in [5, 5.41) is 6.59. The van der Waals surface area contributed by atoms with E-state index in [-0.39, 0.29) is 23.8 Å². The normalized spacial score (nSPS) is 13.0. The average molecular weight is 473 g/mol. The molecule has 0 fully saturated rings. The van der Waals surface area contributed by atoms with Crippen LogP contribution in [0.1, 0.15) is 40.3 Å². The highest BCUT2D eigenvalue weighted by Gasteiger charge is 2.37. The SMILES string of the molecule is CC(NC(=O)c1cc(C(F)(F)F)cc(C(F)(F)F)c1)c1nc(N(C)C)nn1-c1ncccn1. The Hall–Kier alpha value is -3.71. The van der Waals surface area contributed by atoms with Crippen LogP contribution in [0.3, 0.4) is 0 Å². The molecule has 0 spiro atoms. The number of hydrogen-bond donors (Lipinski definition) is 1. The zero-order valence-electron chi connectivity index (χ0n) is 17.4. The van der Waals surface area contributed by atoms with Gasteiger partial charge in [0.05, 0.1) is 17.2 Å². The summed E-state index contributed by atoms with van der Waals surface area (Å²) in [6, 6.07) is 1.24. The van der Waals surface area contributed by atoms with E-state index in [0.717, 1.165) is 0 Å². The number of benzene rings is 1. The molecule has 0 aliphatic heterocycles. The van der Waals surface area contributed by atoms with Crippen molar-refractivity contribution >= 4 is 11.9 Å². The number of nitrogens with zero attached hydrogens (tertiary/aromatic N) is 6. The van der Waals surface area contributed by atoms with Crippen LogP contribution in [0.15, 0.2) is 36.7 Å². The molecule has 14 heteroatoms. The number of rotatable bonds is 5. The summed E-state index contributed by atoms with van der Waals surface area (Å²) in [4.78, 5) is 26.6. The quantitative estimate of drug-likeness (QED) is 0.570. The van der Waals surface area contributed by atoms with Crippen molar-refractivity contribution in [2.45, 2.75) is 25.3 Å². The molecule has 2 aromatic heterocycles. The maximum atomic E-state index is 13.1. The molecule has 0 radical (unpaired) electrons. The van der Waals surface area contributed by atoms with Gasteiger partial charge in [0.15, 0.2) is 5.82 Å². The molecular formula is C19H17F6N7O. The first-order valence-corrected chi connectivity index (χ1v) is 9.29. The maximum absolute atomic E-state index is 13.1. The highest BCUT2D eigenvalue weighted by Crippen LogP contribution is 2.36. The van der Waals surface area contributed by atoms with Gasteiger partial charge in [-0.25, -0.2) is 9.97 Å². The Balaban J connectivity index is 1.97. The lowest BCUT2D eigenvalue weighted by Crippen LogP contribution is -2.29. The van der Waals surface area contributed by atoms with Crippen LogP contribution < -0.4 is 10.2 Å². The first kappa shape index (κ1) is 23.9. The summed E-state index contributed by atoms with van der Waals surface area (Å²) in [5.41, 5.74) is -3.99. The maximum Gasteiger partial charge on any atom is 0.416 e. The highest BCUT2D eigenvalue weighted by atomic mass is 19.4. The molecule has 0 saturated carbocycles. The Morgan fingerprint density at radius 3 is 2.03 bits per heavy atom. The molecule has 1 aromatic carbocycles. The van der Waals surface area contributed by atoms with E-state index in [0.29, 0.717) is 12.1 Å². The molecule has 0 aliphatic carbocycles. The molecule has 3 rings (SSSR count). The Kier molecular flexibility index (Phi) is 6.29. The summed E-state index contributed by atoms with van der Waals surface area (Å²) in [5.74, 6) is -0.722. The minimum absolute atomic E-state index is 0.0487. The van der Waals surface area contributed by atoms with Gasteiger partial charge < -0.3 is 10.2 Å². The van der Waals surface area contributed by atoms with E-state index in [9.17, 15) is 31.1 Å². The van der Waals surface area contributed by atoms with Gasteiger partial charge in [-0.1, -0.05) is 0 Å². The fourth-order valence-corrected chi connectivity index (χ4v) is 2.76. The molecule has 8 nitrogen and oxygen atoms in total. The average Bonchev–Trinajstić information content (AvgIpc) is 3.19. The van der Waals surface area contributed by atoms with Gasteiger partial charge >= 0.3 is 12.4 Å². The number of carbonyl (C=O) groups is 1. The lowest BCUT2D eigenvalue weighted by molar-refractivity contribution is -0.143. The summed E-state index contributed by atoms with van der Waals surface area (Å²) in [6.45, 7) is 1.44. The first-order chi connectivity index (χ1) is 15.3. The third-order valence-electron chi connectivity index (χ3n) is 4.35. The fourth-order valence-electron chi connectivity index (χ4n) is 2.76. The predicted molar refractivity (Wildman–Crippen MR) is 104 cm³/mol. The van der Waals surface area contributed by atoms with E-state index >= 15 is 0 Å². The molecule has 0 aliphatic rings. The van der Waals surface area contributed by atoms with Crippen molar-refractivity contribution in [3.63, 3.8) is 0 Å². The zero-order valence-corrected chi connectivity index (χ0v) is 17.4. The van der Waals surface area contributed by atoms with E-state index in [1.165, 1.54) is 24.0 Å². The Morgan fingerprint density at radius 1 is 1.00 bits per heavy atom. The van der Waals surface area contributed by atoms with Crippen molar-refractivity contribution in [1.82, 2.24) is 30.0 Å². The van der Waals surface area contributed by atoms with Crippen LogP contribution in [0.5, 0.6) is 0 Å². The third-order valence-corrected chi connectivity index (χ3v) is 4.35. The summed E-state index contributed by atoms with van der Waals surface area (Å²) < 4.78 is 79.9. The third kappa shape index (κ3) is 5.38. The summed E-state index contributed by atoms with van der Waals surface area (Å²) in [6.07, 6.45) is -7.28. The van der Waals surface area contributed by atoms with Gasteiger partial charge in [-0.15, -0.1) is 5.10 Å². The highest BCUT2D eigenvalue weighted by molar-refractivity contribution is 5.94. The summed E-state index contributed by atoms with van der Waals surface area (Å²) in [7, 11) is 3.31. The van der Waals surface area contributed by atoms with Crippen molar-refractivity contribution in [3.05, 3.63) is 59.2 Å². The Labute approximate surface area is 183 Å². The van der Waals surface area contributed by atoms with E-state index in [1.54, 1.807) is 25.1 Å². The molecule has 176 valence electrons. The van der Waals surface area contributed by atoms with Gasteiger partial charge in [-0.3, -0.25) is 4.79 Å². The van der Waals surface area contributed by atoms with Gasteiger partial charge in [0, 0.05) is 32.1 Å². The molecule has 1 unspecified atom stereocenters. The fraction of sp³-hybridized carbons (Fsp3) is 0.316. The topological polar surface area (TPSA) is 88.8 Å². The second-order valence-electron chi connectivity index (χ2n) is 7.11. The molecule has 33 heavy (non-hydrogen) atoms. The van der Waals surface area contributed by atoms with Gasteiger partial charge in [0.2, 0.25) is 5.95 Å².